The van der Waals surface area contributed by atoms with Gasteiger partial charge in [-0.05, 0) is 42.5 Å². The highest BCUT2D eigenvalue weighted by atomic mass is 32.2. The van der Waals surface area contributed by atoms with Crippen molar-refractivity contribution < 1.29 is 32.5 Å². The van der Waals surface area contributed by atoms with Crippen LogP contribution < -0.4 is 10.2 Å². The predicted molar refractivity (Wildman–Crippen MR) is 135 cm³/mol. The Bertz CT molecular complexity index is 1650. The molecule has 9 nitrogen and oxygen atoms in total. The molecule has 3 amide bonds. The molecule has 1 aliphatic heterocycles. The quantitative estimate of drug-likeness (QED) is 0.138. The van der Waals surface area contributed by atoms with E-state index in [0.29, 0.717) is 14.6 Å². The number of aromatic nitrogens is 1. The van der Waals surface area contributed by atoms with Crippen LogP contribution in [0.4, 0.5) is 30.2 Å². The summed E-state index contributed by atoms with van der Waals surface area (Å²) < 4.78 is 39.7. The van der Waals surface area contributed by atoms with Gasteiger partial charge in [0, 0.05) is 11.8 Å². The number of nitro groups is 1. The van der Waals surface area contributed by atoms with Gasteiger partial charge in [-0.2, -0.15) is 13.2 Å². The maximum Gasteiger partial charge on any atom is 0.416 e. The van der Waals surface area contributed by atoms with Gasteiger partial charge in [0.25, 0.3) is 17.5 Å². The lowest BCUT2D eigenvalue weighted by atomic mass is 10.1. The Hall–Kier alpha value is -4.30. The van der Waals surface area contributed by atoms with Crippen LogP contribution in [0.5, 0.6) is 0 Å². The van der Waals surface area contributed by atoms with Gasteiger partial charge >= 0.3 is 6.18 Å². The number of anilines is 2. The lowest BCUT2D eigenvalue weighted by molar-refractivity contribution is -0.385. The van der Waals surface area contributed by atoms with E-state index in [4.69, 9.17) is 0 Å². The fraction of sp³-hybridized carbons (Fsp3) is 0.0833. The average Bonchev–Trinajstić information content (AvgIpc) is 3.39. The largest absolute Gasteiger partial charge is 0.416 e. The van der Waals surface area contributed by atoms with Crippen molar-refractivity contribution in [3.8, 4) is 0 Å². The Kier molecular flexibility index (Phi) is 6.36. The summed E-state index contributed by atoms with van der Waals surface area (Å²) in [6.07, 6.45) is -4.53. The fourth-order valence-corrected chi connectivity index (χ4v) is 5.75. The average molecular weight is 559 g/mol. The number of thioether (sulfide) groups is 1. The number of halogens is 3. The number of amides is 3. The molecule has 0 atom stereocenters. The van der Waals surface area contributed by atoms with Crippen molar-refractivity contribution in [3.05, 3.63) is 87.5 Å². The van der Waals surface area contributed by atoms with E-state index in [0.717, 1.165) is 34.9 Å². The molecule has 0 aliphatic carbocycles. The Labute approximate surface area is 219 Å². The van der Waals surface area contributed by atoms with Gasteiger partial charge in [-0.3, -0.25) is 24.5 Å². The minimum Gasteiger partial charge on any atom is -0.325 e. The summed E-state index contributed by atoms with van der Waals surface area (Å²) in [5, 5.41) is 13.8. The lowest BCUT2D eigenvalue weighted by Gasteiger charge is -2.13. The molecule has 0 fully saturated rings. The first-order valence-electron chi connectivity index (χ1n) is 10.7. The van der Waals surface area contributed by atoms with E-state index >= 15 is 0 Å². The van der Waals surface area contributed by atoms with Crippen molar-refractivity contribution in [2.75, 3.05) is 16.0 Å². The van der Waals surface area contributed by atoms with E-state index in [1.54, 1.807) is 12.1 Å². The van der Waals surface area contributed by atoms with Crippen molar-refractivity contribution in [1.29, 1.82) is 0 Å². The number of hydrogen-bond donors (Lipinski definition) is 1. The predicted octanol–water partition coefficient (Wildman–Crippen LogP) is 5.75. The van der Waals surface area contributed by atoms with Crippen LogP contribution in [0.1, 0.15) is 26.3 Å². The molecule has 1 aromatic heterocycles. The van der Waals surface area contributed by atoms with Crippen LogP contribution in [-0.4, -0.2) is 33.4 Å². The molecule has 0 radical (unpaired) electrons. The minimum absolute atomic E-state index is 0.0144. The van der Waals surface area contributed by atoms with Gasteiger partial charge in [-0.15, -0.1) is 11.3 Å². The number of nitrogens with one attached hydrogen (secondary N) is 1. The second kappa shape index (κ2) is 9.54. The molecule has 14 heteroatoms. The van der Waals surface area contributed by atoms with Gasteiger partial charge in [0.1, 0.15) is 5.56 Å². The number of nitrogens with zero attached hydrogens (tertiary/aromatic N) is 3. The van der Waals surface area contributed by atoms with E-state index in [9.17, 15) is 37.7 Å². The van der Waals surface area contributed by atoms with Crippen molar-refractivity contribution >= 4 is 68.1 Å². The number of thiazole rings is 1. The number of carbonyl (C=O) groups is 3. The molecule has 192 valence electrons. The minimum atomic E-state index is -4.53. The Morgan fingerprint density at radius 3 is 2.58 bits per heavy atom. The molecule has 2 heterocycles. The Morgan fingerprint density at radius 2 is 1.84 bits per heavy atom. The van der Waals surface area contributed by atoms with Gasteiger partial charge in [0.05, 0.1) is 37.7 Å². The summed E-state index contributed by atoms with van der Waals surface area (Å²) in [5.41, 5.74) is -0.906. The van der Waals surface area contributed by atoms with Gasteiger partial charge < -0.3 is 5.32 Å². The van der Waals surface area contributed by atoms with Crippen LogP contribution in [0.2, 0.25) is 0 Å². The molecule has 1 aliphatic rings. The summed E-state index contributed by atoms with van der Waals surface area (Å²) in [5.74, 6) is -2.13. The topological polar surface area (TPSA) is 123 Å². The van der Waals surface area contributed by atoms with E-state index in [1.807, 2.05) is 0 Å². The summed E-state index contributed by atoms with van der Waals surface area (Å²) in [7, 11) is 0. The monoisotopic (exact) mass is 558 g/mol. The van der Waals surface area contributed by atoms with E-state index in [-0.39, 0.29) is 28.3 Å². The first-order chi connectivity index (χ1) is 18.0. The normalized spacial score (nSPS) is 13.2. The summed E-state index contributed by atoms with van der Waals surface area (Å²) >= 11 is 2.25. The van der Waals surface area contributed by atoms with Crippen LogP contribution in [0, 0.1) is 10.1 Å². The molecule has 38 heavy (non-hydrogen) atoms. The zero-order valence-corrected chi connectivity index (χ0v) is 20.4. The molecular weight excluding hydrogens is 545 g/mol. The number of alkyl halides is 3. The van der Waals surface area contributed by atoms with E-state index < -0.39 is 40.1 Å². The third-order valence-corrected chi connectivity index (χ3v) is 7.66. The summed E-state index contributed by atoms with van der Waals surface area (Å²) in [6.45, 7) is 0. The molecule has 0 saturated heterocycles. The summed E-state index contributed by atoms with van der Waals surface area (Å²) in [6, 6.07) is 12.8. The first kappa shape index (κ1) is 25.4. The fourth-order valence-electron chi connectivity index (χ4n) is 3.84. The number of hydrogen-bond acceptors (Lipinski definition) is 8. The molecule has 3 aromatic carbocycles. The maximum absolute atomic E-state index is 13.0. The van der Waals surface area contributed by atoms with Crippen LogP contribution in [0.15, 0.2) is 65.0 Å². The molecule has 0 unspecified atom stereocenters. The van der Waals surface area contributed by atoms with Gasteiger partial charge in [0.15, 0.2) is 4.34 Å². The molecular formula is C24H13F3N4O5S2. The van der Waals surface area contributed by atoms with E-state index in [2.05, 4.69) is 10.3 Å². The SMILES string of the molecule is O=C(CSc1nc2ccc(N3C(=O)c4cccc([N+](=O)[O-])c4C3=O)cc2s1)Nc1cccc(C(F)(F)F)c1. The molecule has 1 N–H and O–H groups in total. The number of benzene rings is 3. The molecule has 4 aromatic rings. The third kappa shape index (κ3) is 4.70. The van der Waals surface area contributed by atoms with Crippen molar-refractivity contribution in [2.45, 2.75) is 10.5 Å². The molecule has 0 saturated carbocycles. The van der Waals surface area contributed by atoms with Gasteiger partial charge in [-0.1, -0.05) is 23.9 Å². The highest BCUT2D eigenvalue weighted by molar-refractivity contribution is 8.01. The first-order valence-corrected chi connectivity index (χ1v) is 12.5. The van der Waals surface area contributed by atoms with Gasteiger partial charge in [-0.25, -0.2) is 9.88 Å². The molecule has 0 spiro atoms. The number of imide groups is 1. The molecule has 0 bridgehead atoms. The summed E-state index contributed by atoms with van der Waals surface area (Å²) in [4.78, 5) is 54.0. The Balaban J connectivity index is 1.31. The van der Waals surface area contributed by atoms with Crippen molar-refractivity contribution in [2.24, 2.45) is 0 Å². The number of carbonyl (C=O) groups excluding carboxylic acids is 3. The van der Waals surface area contributed by atoms with E-state index in [1.165, 1.54) is 41.7 Å². The second-order valence-corrected chi connectivity index (χ2v) is 10.2. The van der Waals surface area contributed by atoms with Crippen molar-refractivity contribution in [3.63, 3.8) is 0 Å². The number of nitro benzene ring substituents is 1. The third-order valence-electron chi connectivity index (χ3n) is 5.50. The number of rotatable bonds is 6. The zero-order valence-electron chi connectivity index (χ0n) is 18.8. The van der Waals surface area contributed by atoms with Gasteiger partial charge in [0.2, 0.25) is 5.91 Å². The van der Waals surface area contributed by atoms with Crippen LogP contribution in [0.25, 0.3) is 10.2 Å². The number of fused-ring (bicyclic) bond motifs is 2. The van der Waals surface area contributed by atoms with Crippen LogP contribution in [0.3, 0.4) is 0 Å². The maximum atomic E-state index is 13.0. The van der Waals surface area contributed by atoms with Crippen LogP contribution in [-0.2, 0) is 11.0 Å². The standard InChI is InChI=1S/C24H13F3N4O5S2/c25-24(26,27)12-3-1-4-13(9-12)28-19(32)11-37-23-29-16-8-7-14(10-18(16)38-23)30-21(33)15-5-2-6-17(31(35)36)20(15)22(30)34/h1-10H,11H2,(H,28,32). The molecule has 5 rings (SSSR count). The van der Waals surface area contributed by atoms with Crippen LogP contribution >= 0.6 is 23.1 Å². The van der Waals surface area contributed by atoms with Crippen molar-refractivity contribution in [1.82, 2.24) is 4.98 Å². The Morgan fingerprint density at radius 1 is 1.08 bits per heavy atom. The smallest absolute Gasteiger partial charge is 0.325 e. The second-order valence-electron chi connectivity index (χ2n) is 7.95. The lowest BCUT2D eigenvalue weighted by Crippen LogP contribution is -2.29. The zero-order chi connectivity index (χ0) is 27.2. The highest BCUT2D eigenvalue weighted by Gasteiger charge is 2.42. The highest BCUT2D eigenvalue weighted by Crippen LogP contribution is 2.37.